The lowest BCUT2D eigenvalue weighted by molar-refractivity contribution is 0.122. The molecule has 1 saturated heterocycles. The molecule has 0 amide bonds. The van der Waals surface area contributed by atoms with Crippen LogP contribution in [0.4, 0.5) is 5.82 Å². The Balaban J connectivity index is 1.30. The van der Waals surface area contributed by atoms with Crippen LogP contribution in [0.2, 0.25) is 5.02 Å². The molecule has 0 aliphatic carbocycles. The lowest BCUT2D eigenvalue weighted by Gasteiger charge is -2.27. The van der Waals surface area contributed by atoms with Crippen LogP contribution in [-0.4, -0.2) is 31.3 Å². The highest BCUT2D eigenvalue weighted by Gasteiger charge is 2.12. The normalized spacial score (nSPS) is 14.5. The number of pyridine rings is 1. The molecule has 2 aromatic heterocycles. The predicted octanol–water partition coefficient (Wildman–Crippen LogP) is 4.59. The molecule has 1 aliphatic heterocycles. The Labute approximate surface area is 168 Å². The van der Waals surface area contributed by atoms with E-state index in [4.69, 9.17) is 16.3 Å². The van der Waals surface area contributed by atoms with Gasteiger partial charge in [0.1, 0.15) is 5.82 Å². The van der Waals surface area contributed by atoms with Gasteiger partial charge in [0.15, 0.2) is 0 Å². The summed E-state index contributed by atoms with van der Waals surface area (Å²) in [6, 6.07) is 16.5. The quantitative estimate of drug-likeness (QED) is 0.657. The van der Waals surface area contributed by atoms with Crippen molar-refractivity contribution in [1.82, 2.24) is 10.3 Å². The van der Waals surface area contributed by atoms with Crippen molar-refractivity contribution in [2.75, 3.05) is 31.2 Å². The molecule has 140 valence electrons. The number of ether oxygens (including phenoxy) is 1. The Morgan fingerprint density at radius 3 is 2.67 bits per heavy atom. The van der Waals surface area contributed by atoms with Crippen LogP contribution in [0.1, 0.15) is 10.4 Å². The number of halogens is 1. The fourth-order valence-electron chi connectivity index (χ4n) is 3.11. The first-order valence-corrected chi connectivity index (χ1v) is 10.3. The van der Waals surface area contributed by atoms with E-state index in [9.17, 15) is 0 Å². The lowest BCUT2D eigenvalue weighted by Crippen LogP contribution is -2.36. The van der Waals surface area contributed by atoms with Gasteiger partial charge in [0.05, 0.1) is 13.2 Å². The highest BCUT2D eigenvalue weighted by molar-refractivity contribution is 7.15. The van der Waals surface area contributed by atoms with Gasteiger partial charge >= 0.3 is 0 Å². The molecule has 0 bridgehead atoms. The van der Waals surface area contributed by atoms with Gasteiger partial charge in [-0.1, -0.05) is 35.9 Å². The highest BCUT2D eigenvalue weighted by atomic mass is 35.5. The number of morpholine rings is 1. The fourth-order valence-corrected chi connectivity index (χ4v) is 4.42. The summed E-state index contributed by atoms with van der Waals surface area (Å²) in [7, 11) is 0. The van der Waals surface area contributed by atoms with E-state index in [0.29, 0.717) is 0 Å². The van der Waals surface area contributed by atoms with Gasteiger partial charge in [-0.05, 0) is 29.8 Å². The number of hydrogen-bond donors (Lipinski definition) is 1. The number of aromatic nitrogens is 1. The van der Waals surface area contributed by atoms with Gasteiger partial charge in [-0.15, -0.1) is 11.3 Å². The van der Waals surface area contributed by atoms with E-state index in [2.05, 4.69) is 45.5 Å². The Morgan fingerprint density at radius 2 is 1.89 bits per heavy atom. The molecular formula is C21H22ClN3OS. The molecule has 3 heterocycles. The number of nitrogens with zero attached hydrogens (tertiary/aromatic N) is 2. The van der Waals surface area contributed by atoms with E-state index in [1.54, 1.807) is 11.3 Å². The Hall–Kier alpha value is -1.92. The fraction of sp³-hybridized carbons (Fsp3) is 0.286. The predicted molar refractivity (Wildman–Crippen MR) is 113 cm³/mol. The second-order valence-electron chi connectivity index (χ2n) is 6.47. The summed E-state index contributed by atoms with van der Waals surface area (Å²) in [6.45, 7) is 5.02. The van der Waals surface area contributed by atoms with E-state index in [1.807, 2.05) is 24.4 Å². The van der Waals surface area contributed by atoms with Crippen LogP contribution in [0.15, 0.2) is 54.7 Å². The Morgan fingerprint density at radius 1 is 1.04 bits per heavy atom. The summed E-state index contributed by atoms with van der Waals surface area (Å²) in [5.41, 5.74) is 2.29. The van der Waals surface area contributed by atoms with Crippen molar-refractivity contribution in [3.05, 3.63) is 70.2 Å². The Bertz CT molecular complexity index is 875. The minimum absolute atomic E-state index is 0.780. The smallest absolute Gasteiger partial charge is 0.128 e. The molecule has 3 aromatic rings. The third-order valence-electron chi connectivity index (χ3n) is 4.57. The minimum atomic E-state index is 0.780. The zero-order valence-corrected chi connectivity index (χ0v) is 16.6. The van der Waals surface area contributed by atoms with Crippen LogP contribution in [0.3, 0.4) is 0 Å². The molecule has 0 spiro atoms. The second-order valence-corrected chi connectivity index (χ2v) is 8.05. The zero-order valence-electron chi connectivity index (χ0n) is 15.0. The lowest BCUT2D eigenvalue weighted by atomic mass is 10.2. The number of anilines is 1. The minimum Gasteiger partial charge on any atom is -0.378 e. The molecule has 0 saturated carbocycles. The molecule has 27 heavy (non-hydrogen) atoms. The average molecular weight is 400 g/mol. The van der Waals surface area contributed by atoms with E-state index < -0.39 is 0 Å². The van der Waals surface area contributed by atoms with Gasteiger partial charge in [0, 0.05) is 52.7 Å². The van der Waals surface area contributed by atoms with Crippen molar-refractivity contribution < 1.29 is 4.74 Å². The largest absolute Gasteiger partial charge is 0.378 e. The van der Waals surface area contributed by atoms with Crippen LogP contribution in [0.25, 0.3) is 10.4 Å². The van der Waals surface area contributed by atoms with Crippen molar-refractivity contribution >= 4 is 28.8 Å². The van der Waals surface area contributed by atoms with Crippen LogP contribution >= 0.6 is 22.9 Å². The van der Waals surface area contributed by atoms with E-state index in [1.165, 1.54) is 15.3 Å². The summed E-state index contributed by atoms with van der Waals surface area (Å²) >= 11 is 8.07. The van der Waals surface area contributed by atoms with Crippen molar-refractivity contribution in [3.63, 3.8) is 0 Å². The highest BCUT2D eigenvalue weighted by Crippen LogP contribution is 2.33. The van der Waals surface area contributed by atoms with Crippen molar-refractivity contribution in [2.45, 2.75) is 13.1 Å². The van der Waals surface area contributed by atoms with Crippen LogP contribution in [0, 0.1) is 0 Å². The molecule has 1 fully saturated rings. The first-order valence-electron chi connectivity index (χ1n) is 9.11. The number of benzene rings is 1. The number of hydrogen-bond acceptors (Lipinski definition) is 5. The standard InChI is InChI=1S/C21H22ClN3OS/c22-19-4-2-1-3-18(19)20-7-6-17(27-20)15-23-13-16-5-8-21(24-14-16)25-9-11-26-12-10-25/h1-8,14,23H,9-13,15H2. The molecule has 0 unspecified atom stereocenters. The van der Waals surface area contributed by atoms with Gasteiger partial charge < -0.3 is 15.0 Å². The third kappa shape index (κ3) is 4.68. The summed E-state index contributed by atoms with van der Waals surface area (Å²) < 4.78 is 5.39. The third-order valence-corrected chi connectivity index (χ3v) is 6.02. The average Bonchev–Trinajstić information content (AvgIpc) is 3.18. The van der Waals surface area contributed by atoms with E-state index >= 15 is 0 Å². The molecule has 4 rings (SSSR count). The molecule has 1 aromatic carbocycles. The first-order chi connectivity index (χ1) is 13.3. The topological polar surface area (TPSA) is 37.4 Å². The van der Waals surface area contributed by atoms with Crippen LogP contribution in [-0.2, 0) is 17.8 Å². The van der Waals surface area contributed by atoms with Crippen LogP contribution < -0.4 is 10.2 Å². The monoisotopic (exact) mass is 399 g/mol. The van der Waals surface area contributed by atoms with Gasteiger partial charge in [-0.2, -0.15) is 0 Å². The maximum atomic E-state index is 6.29. The van der Waals surface area contributed by atoms with E-state index in [-0.39, 0.29) is 0 Å². The van der Waals surface area contributed by atoms with E-state index in [0.717, 1.165) is 55.8 Å². The molecule has 4 nitrogen and oxygen atoms in total. The molecule has 1 aliphatic rings. The molecule has 0 atom stereocenters. The number of nitrogens with one attached hydrogen (secondary N) is 1. The first kappa shape index (κ1) is 18.4. The molecule has 0 radical (unpaired) electrons. The molecule has 6 heteroatoms. The van der Waals surface area contributed by atoms with Gasteiger partial charge in [-0.25, -0.2) is 4.98 Å². The maximum Gasteiger partial charge on any atom is 0.128 e. The molecular weight excluding hydrogens is 378 g/mol. The van der Waals surface area contributed by atoms with Crippen molar-refractivity contribution in [3.8, 4) is 10.4 Å². The maximum absolute atomic E-state index is 6.29. The summed E-state index contributed by atoms with van der Waals surface area (Å²) in [4.78, 5) is 9.36. The summed E-state index contributed by atoms with van der Waals surface area (Å²) in [5.74, 6) is 1.03. The van der Waals surface area contributed by atoms with Crippen molar-refractivity contribution in [1.29, 1.82) is 0 Å². The van der Waals surface area contributed by atoms with Gasteiger partial charge in [0.25, 0.3) is 0 Å². The van der Waals surface area contributed by atoms with Gasteiger partial charge in [-0.3, -0.25) is 0 Å². The summed E-state index contributed by atoms with van der Waals surface area (Å²) in [6.07, 6.45) is 1.96. The number of thiophene rings is 1. The van der Waals surface area contributed by atoms with Crippen molar-refractivity contribution in [2.24, 2.45) is 0 Å². The van der Waals surface area contributed by atoms with Crippen LogP contribution in [0.5, 0.6) is 0 Å². The SMILES string of the molecule is Clc1ccccc1-c1ccc(CNCc2ccc(N3CCOCC3)nc2)s1. The zero-order chi connectivity index (χ0) is 18.5. The summed E-state index contributed by atoms with van der Waals surface area (Å²) in [5, 5.41) is 4.30. The molecule has 1 N–H and O–H groups in total. The second kappa shape index (κ2) is 8.85. The number of rotatable bonds is 6. The Kier molecular flexibility index (Phi) is 6.04. The van der Waals surface area contributed by atoms with Gasteiger partial charge in [0.2, 0.25) is 0 Å².